The molecule has 2 nitrogen and oxygen atoms in total. The lowest BCUT2D eigenvalue weighted by Crippen LogP contribution is -2.52. The average Bonchev–Trinajstić information content (AvgIpc) is 1.77. The first-order chi connectivity index (χ1) is 4.71. The minimum absolute atomic E-state index is 0.116. The molecule has 2 heteroatoms. The molecule has 0 atom stereocenters. The van der Waals surface area contributed by atoms with Crippen LogP contribution in [0.15, 0.2) is 12.3 Å². The molecule has 0 bridgehead atoms. The topological polar surface area (TPSA) is 32.3 Å². The third kappa shape index (κ3) is 1.03. The molecule has 0 heterocycles. The maximum absolute atomic E-state index is 9.20. The quantitative estimate of drug-likeness (QED) is 0.585. The van der Waals surface area contributed by atoms with Crippen molar-refractivity contribution in [3.8, 4) is 0 Å². The Hall–Kier alpha value is -0.500. The van der Waals surface area contributed by atoms with Gasteiger partial charge in [0, 0.05) is 0 Å². The maximum atomic E-state index is 9.20. The Bertz CT molecular complexity index is 138. The van der Waals surface area contributed by atoms with Gasteiger partial charge in [0.25, 0.3) is 0 Å². The van der Waals surface area contributed by atoms with Gasteiger partial charge in [-0.3, -0.25) is 0 Å². The Labute approximate surface area is 61.9 Å². The fraction of sp³-hybridized carbons (Fsp3) is 0.750. The minimum atomic E-state index is -0.116. The van der Waals surface area contributed by atoms with Gasteiger partial charge in [-0.25, -0.2) is 0 Å². The zero-order valence-electron chi connectivity index (χ0n) is 6.48. The molecule has 0 aliphatic heterocycles. The summed E-state index contributed by atoms with van der Waals surface area (Å²) in [5, 5.41) is 12.4. The summed E-state index contributed by atoms with van der Waals surface area (Å²) < 4.78 is 0. The van der Waals surface area contributed by atoms with Gasteiger partial charge in [0.15, 0.2) is 0 Å². The second-order valence-electron chi connectivity index (χ2n) is 2.91. The standard InChI is InChI=1S/C8H15NO/c1-3-9-8(7(2)10)5-4-6-8/h9-10H,2-6H2,1H3. The van der Waals surface area contributed by atoms with E-state index in [1.54, 1.807) is 0 Å². The summed E-state index contributed by atoms with van der Waals surface area (Å²) in [7, 11) is 0. The summed E-state index contributed by atoms with van der Waals surface area (Å²) in [5.41, 5.74) is -0.116. The Morgan fingerprint density at radius 3 is 2.40 bits per heavy atom. The van der Waals surface area contributed by atoms with E-state index in [-0.39, 0.29) is 5.54 Å². The highest BCUT2D eigenvalue weighted by molar-refractivity contribution is 5.14. The highest BCUT2D eigenvalue weighted by Crippen LogP contribution is 2.35. The molecular weight excluding hydrogens is 126 g/mol. The smallest absolute Gasteiger partial charge is 0.105 e. The van der Waals surface area contributed by atoms with E-state index in [0.29, 0.717) is 5.76 Å². The third-order valence-corrected chi connectivity index (χ3v) is 2.27. The summed E-state index contributed by atoms with van der Waals surface area (Å²) in [5.74, 6) is 0.306. The summed E-state index contributed by atoms with van der Waals surface area (Å²) in [6.07, 6.45) is 3.28. The van der Waals surface area contributed by atoms with Gasteiger partial charge in [0.2, 0.25) is 0 Å². The van der Waals surface area contributed by atoms with E-state index in [0.717, 1.165) is 19.4 Å². The van der Waals surface area contributed by atoms with E-state index in [9.17, 15) is 5.11 Å². The molecule has 0 aromatic rings. The van der Waals surface area contributed by atoms with Crippen LogP contribution in [-0.2, 0) is 0 Å². The fourth-order valence-electron chi connectivity index (χ4n) is 1.44. The number of aliphatic hydroxyl groups excluding tert-OH is 1. The van der Waals surface area contributed by atoms with Crippen LogP contribution >= 0.6 is 0 Å². The van der Waals surface area contributed by atoms with Crippen LogP contribution in [-0.4, -0.2) is 17.2 Å². The molecule has 0 aromatic carbocycles. The average molecular weight is 141 g/mol. The number of aliphatic hydroxyl groups is 1. The maximum Gasteiger partial charge on any atom is 0.105 e. The van der Waals surface area contributed by atoms with Crippen molar-refractivity contribution in [2.75, 3.05) is 6.54 Å². The molecule has 2 N–H and O–H groups in total. The summed E-state index contributed by atoms with van der Waals surface area (Å²) in [6, 6.07) is 0. The predicted octanol–water partition coefficient (Wildman–Crippen LogP) is 1.59. The monoisotopic (exact) mass is 141 g/mol. The molecule has 0 radical (unpaired) electrons. The van der Waals surface area contributed by atoms with E-state index < -0.39 is 0 Å². The number of hydrogen-bond acceptors (Lipinski definition) is 2. The van der Waals surface area contributed by atoms with E-state index in [1.807, 2.05) is 6.92 Å². The van der Waals surface area contributed by atoms with Crippen molar-refractivity contribution in [3.63, 3.8) is 0 Å². The van der Waals surface area contributed by atoms with E-state index in [4.69, 9.17) is 0 Å². The first-order valence-electron chi connectivity index (χ1n) is 3.84. The molecular formula is C8H15NO. The second-order valence-corrected chi connectivity index (χ2v) is 2.91. The van der Waals surface area contributed by atoms with Crippen molar-refractivity contribution in [2.24, 2.45) is 0 Å². The van der Waals surface area contributed by atoms with Crippen molar-refractivity contribution in [3.05, 3.63) is 12.3 Å². The molecule has 0 amide bonds. The van der Waals surface area contributed by atoms with Gasteiger partial charge in [-0.15, -0.1) is 0 Å². The Balaban J connectivity index is 2.50. The third-order valence-electron chi connectivity index (χ3n) is 2.27. The summed E-state index contributed by atoms with van der Waals surface area (Å²) >= 11 is 0. The van der Waals surface area contributed by atoms with Crippen LogP contribution in [0.25, 0.3) is 0 Å². The number of rotatable bonds is 3. The van der Waals surface area contributed by atoms with Crippen molar-refractivity contribution < 1.29 is 5.11 Å². The van der Waals surface area contributed by atoms with Crippen molar-refractivity contribution in [2.45, 2.75) is 31.7 Å². The van der Waals surface area contributed by atoms with E-state index >= 15 is 0 Å². The molecule has 1 aliphatic rings. The number of hydrogen-bond donors (Lipinski definition) is 2. The van der Waals surface area contributed by atoms with Crippen LogP contribution in [0.4, 0.5) is 0 Å². The molecule has 1 saturated carbocycles. The molecule has 1 rings (SSSR count). The van der Waals surface area contributed by atoms with Gasteiger partial charge < -0.3 is 10.4 Å². The van der Waals surface area contributed by atoms with Crippen LogP contribution < -0.4 is 5.32 Å². The fourth-order valence-corrected chi connectivity index (χ4v) is 1.44. The van der Waals surface area contributed by atoms with Gasteiger partial charge in [-0.2, -0.15) is 0 Å². The number of nitrogens with one attached hydrogen (secondary N) is 1. The Kier molecular flexibility index (Phi) is 2.00. The van der Waals surface area contributed by atoms with Crippen LogP contribution in [0.1, 0.15) is 26.2 Å². The van der Waals surface area contributed by atoms with Crippen molar-refractivity contribution in [1.82, 2.24) is 5.32 Å². The van der Waals surface area contributed by atoms with E-state index in [2.05, 4.69) is 11.9 Å². The van der Waals surface area contributed by atoms with E-state index in [1.165, 1.54) is 6.42 Å². The second kappa shape index (κ2) is 2.62. The molecule has 0 aromatic heterocycles. The van der Waals surface area contributed by atoms with Crippen LogP contribution in [0.5, 0.6) is 0 Å². The normalized spacial score (nSPS) is 21.7. The molecule has 1 aliphatic carbocycles. The highest BCUT2D eigenvalue weighted by Gasteiger charge is 2.38. The predicted molar refractivity (Wildman–Crippen MR) is 42.0 cm³/mol. The first kappa shape index (κ1) is 7.61. The molecule has 0 saturated heterocycles. The van der Waals surface area contributed by atoms with Crippen molar-refractivity contribution in [1.29, 1.82) is 0 Å². The molecule has 0 spiro atoms. The van der Waals surface area contributed by atoms with Gasteiger partial charge in [-0.05, 0) is 25.8 Å². The van der Waals surface area contributed by atoms with Crippen molar-refractivity contribution >= 4 is 0 Å². The Morgan fingerprint density at radius 2 is 2.30 bits per heavy atom. The molecule has 10 heavy (non-hydrogen) atoms. The van der Waals surface area contributed by atoms with Crippen LogP contribution in [0, 0.1) is 0 Å². The highest BCUT2D eigenvalue weighted by atomic mass is 16.3. The van der Waals surface area contributed by atoms with Gasteiger partial charge >= 0.3 is 0 Å². The largest absolute Gasteiger partial charge is 0.511 e. The van der Waals surface area contributed by atoms with Gasteiger partial charge in [0.05, 0.1) is 5.54 Å². The summed E-state index contributed by atoms with van der Waals surface area (Å²) in [6.45, 7) is 6.51. The lowest BCUT2D eigenvalue weighted by Gasteiger charge is -2.41. The first-order valence-corrected chi connectivity index (χ1v) is 3.84. The zero-order valence-corrected chi connectivity index (χ0v) is 6.48. The minimum Gasteiger partial charge on any atom is -0.511 e. The summed E-state index contributed by atoms with van der Waals surface area (Å²) in [4.78, 5) is 0. The lowest BCUT2D eigenvalue weighted by molar-refractivity contribution is 0.160. The van der Waals surface area contributed by atoms with Crippen LogP contribution in [0.2, 0.25) is 0 Å². The number of likely N-dealkylation sites (N-methyl/N-ethyl adjacent to an activating group) is 1. The molecule has 1 fully saturated rings. The Morgan fingerprint density at radius 1 is 1.70 bits per heavy atom. The SMILES string of the molecule is C=C(O)C1(NCC)CCC1. The zero-order chi connectivity index (χ0) is 7.61. The lowest BCUT2D eigenvalue weighted by atomic mass is 9.75. The van der Waals surface area contributed by atoms with Gasteiger partial charge in [-0.1, -0.05) is 13.5 Å². The van der Waals surface area contributed by atoms with Crippen LogP contribution in [0.3, 0.4) is 0 Å². The molecule has 0 unspecified atom stereocenters. The molecule has 58 valence electrons. The van der Waals surface area contributed by atoms with Gasteiger partial charge in [0.1, 0.15) is 5.76 Å².